The molecule has 0 bridgehead atoms. The van der Waals surface area contributed by atoms with Crippen molar-refractivity contribution in [2.75, 3.05) is 20.7 Å². The van der Waals surface area contributed by atoms with E-state index in [9.17, 15) is 13.2 Å². The van der Waals surface area contributed by atoms with Gasteiger partial charge in [-0.1, -0.05) is 24.8 Å². The van der Waals surface area contributed by atoms with Crippen molar-refractivity contribution in [1.29, 1.82) is 0 Å². The quantitative estimate of drug-likeness (QED) is 0.685. The van der Waals surface area contributed by atoms with Crippen molar-refractivity contribution < 1.29 is 17.9 Å². The van der Waals surface area contributed by atoms with Gasteiger partial charge in [-0.25, -0.2) is 8.42 Å². The lowest BCUT2D eigenvalue weighted by molar-refractivity contribution is -0.130. The summed E-state index contributed by atoms with van der Waals surface area (Å²) in [4.78, 5) is 15.4. The summed E-state index contributed by atoms with van der Waals surface area (Å²) in [5.41, 5.74) is 3.64. The molecule has 0 saturated carbocycles. The lowest BCUT2D eigenvalue weighted by Gasteiger charge is -2.13. The molecular weight excluding hydrogens is 354 g/mol. The number of carbonyl (C=O) groups is 1. The highest BCUT2D eigenvalue weighted by molar-refractivity contribution is 7.89. The molecule has 26 heavy (non-hydrogen) atoms. The van der Waals surface area contributed by atoms with Crippen molar-refractivity contribution in [1.82, 2.24) is 15.2 Å². The van der Waals surface area contributed by atoms with Crippen molar-refractivity contribution >= 4 is 21.6 Å². The van der Waals surface area contributed by atoms with E-state index in [0.29, 0.717) is 17.0 Å². The van der Waals surface area contributed by atoms with E-state index in [1.165, 1.54) is 17.0 Å². The van der Waals surface area contributed by atoms with E-state index in [0.717, 1.165) is 0 Å². The fraction of sp³-hybridized carbons (Fsp3) is 0.167. The molecule has 0 atom stereocenters. The highest BCUT2D eigenvalue weighted by atomic mass is 32.2. The van der Waals surface area contributed by atoms with Crippen LogP contribution in [0.1, 0.15) is 5.56 Å². The predicted molar refractivity (Wildman–Crippen MR) is 99.6 cm³/mol. The van der Waals surface area contributed by atoms with Crippen molar-refractivity contribution in [2.24, 2.45) is 0 Å². The maximum atomic E-state index is 12.2. The van der Waals surface area contributed by atoms with Gasteiger partial charge in [0.2, 0.25) is 0 Å². The number of hydrogen-bond acceptors (Lipinski definition) is 5. The zero-order chi connectivity index (χ0) is 19.2. The summed E-state index contributed by atoms with van der Waals surface area (Å²) in [6, 6.07) is 14.8. The monoisotopic (exact) mass is 375 g/mol. The zero-order valence-electron chi connectivity index (χ0n) is 14.6. The summed E-state index contributed by atoms with van der Waals surface area (Å²) in [5.74, 6) is 0.386. The molecule has 2 N–H and O–H groups in total. The number of nitrogens with zero attached hydrogens (tertiary/aromatic N) is 1. The van der Waals surface area contributed by atoms with Crippen LogP contribution in [0.3, 0.4) is 0 Å². The first-order valence-corrected chi connectivity index (χ1v) is 9.23. The van der Waals surface area contributed by atoms with Crippen LogP contribution in [0.4, 0.5) is 0 Å². The van der Waals surface area contributed by atoms with Crippen LogP contribution in [-0.4, -0.2) is 39.9 Å². The van der Waals surface area contributed by atoms with E-state index >= 15 is 0 Å². The average molecular weight is 375 g/mol. The number of likely N-dealkylation sites (N-methyl/N-ethyl adjacent to an activating group) is 1. The molecule has 2 aromatic rings. The number of nitrogens with one attached hydrogen (secondary N) is 2. The van der Waals surface area contributed by atoms with Gasteiger partial charge in [0.15, 0.2) is 6.61 Å². The highest BCUT2D eigenvalue weighted by Crippen LogP contribution is 2.16. The minimum atomic E-state index is -3.69. The summed E-state index contributed by atoms with van der Waals surface area (Å²) in [6.45, 7) is 3.76. The fourth-order valence-corrected chi connectivity index (χ4v) is 2.78. The van der Waals surface area contributed by atoms with E-state index in [1.54, 1.807) is 56.6 Å². The van der Waals surface area contributed by atoms with Gasteiger partial charge in [-0.2, -0.15) is 0 Å². The Kier molecular flexibility index (Phi) is 6.37. The van der Waals surface area contributed by atoms with Gasteiger partial charge in [0.05, 0.1) is 4.90 Å². The van der Waals surface area contributed by atoms with Crippen LogP contribution < -0.4 is 15.0 Å². The molecule has 0 fully saturated rings. The number of ether oxygens (including phenoxy) is 1. The minimum absolute atomic E-state index is 0.0532. The van der Waals surface area contributed by atoms with E-state index in [1.807, 2.05) is 0 Å². The topological polar surface area (TPSA) is 87.7 Å². The van der Waals surface area contributed by atoms with Crippen LogP contribution in [0, 0.1) is 0 Å². The molecule has 2 aromatic carbocycles. The third-order valence-corrected chi connectivity index (χ3v) is 4.72. The first-order chi connectivity index (χ1) is 12.3. The molecule has 0 saturated heterocycles. The molecule has 0 heterocycles. The summed E-state index contributed by atoms with van der Waals surface area (Å²) < 4.78 is 29.7. The largest absolute Gasteiger partial charge is 0.484 e. The second-order valence-electron chi connectivity index (χ2n) is 5.62. The summed E-state index contributed by atoms with van der Waals surface area (Å²) in [6.07, 6.45) is 0. The fourth-order valence-electron chi connectivity index (χ4n) is 1.89. The molecule has 0 radical (unpaired) electrons. The normalized spacial score (nSPS) is 10.8. The smallest absolute Gasteiger partial charge is 0.259 e. The molecular formula is C18H21N3O4S. The molecule has 7 nitrogen and oxygen atoms in total. The number of carbonyl (C=O) groups excluding carboxylic acids is 1. The Morgan fingerprint density at radius 2 is 1.69 bits per heavy atom. The van der Waals surface area contributed by atoms with Crippen LogP contribution >= 0.6 is 0 Å². The Labute approximate surface area is 153 Å². The molecule has 0 aliphatic heterocycles. The number of amides is 1. The SMILES string of the molecule is C=C(NNS(=O)(=O)c1ccccc1)c1ccc(OCC(=O)N(C)C)cc1. The van der Waals surface area contributed by atoms with Crippen molar-refractivity contribution in [3.8, 4) is 5.75 Å². The third-order valence-electron chi connectivity index (χ3n) is 3.45. The first kappa shape index (κ1) is 19.5. The summed E-state index contributed by atoms with van der Waals surface area (Å²) >= 11 is 0. The predicted octanol–water partition coefficient (Wildman–Crippen LogP) is 1.61. The van der Waals surface area contributed by atoms with E-state index in [-0.39, 0.29) is 17.4 Å². The molecule has 2 rings (SSSR count). The number of hydrogen-bond donors (Lipinski definition) is 2. The third kappa shape index (κ3) is 5.33. The van der Waals surface area contributed by atoms with E-state index in [4.69, 9.17) is 4.74 Å². The van der Waals surface area contributed by atoms with Gasteiger partial charge < -0.3 is 15.1 Å². The Morgan fingerprint density at radius 3 is 2.27 bits per heavy atom. The van der Waals surface area contributed by atoms with Crippen molar-refractivity contribution in [3.05, 3.63) is 66.7 Å². The second kappa shape index (κ2) is 8.50. The molecule has 8 heteroatoms. The molecule has 1 amide bonds. The van der Waals surface area contributed by atoms with Gasteiger partial charge in [-0.05, 0) is 42.0 Å². The number of benzene rings is 2. The maximum absolute atomic E-state index is 12.2. The van der Waals surface area contributed by atoms with Crippen LogP contribution in [0.15, 0.2) is 66.1 Å². The summed E-state index contributed by atoms with van der Waals surface area (Å²) in [5, 5.41) is 0. The van der Waals surface area contributed by atoms with E-state index < -0.39 is 10.0 Å². The number of hydrazine groups is 1. The Balaban J connectivity index is 1.93. The Hall–Kier alpha value is -2.84. The van der Waals surface area contributed by atoms with Gasteiger partial charge in [-0.3, -0.25) is 4.79 Å². The van der Waals surface area contributed by atoms with Crippen molar-refractivity contribution in [2.45, 2.75) is 4.90 Å². The lowest BCUT2D eigenvalue weighted by atomic mass is 10.2. The molecule has 138 valence electrons. The lowest BCUT2D eigenvalue weighted by Crippen LogP contribution is -2.35. The van der Waals surface area contributed by atoms with Crippen molar-refractivity contribution in [3.63, 3.8) is 0 Å². The molecule has 0 aromatic heterocycles. The Bertz CT molecular complexity index is 863. The number of sulfonamides is 1. The Morgan fingerprint density at radius 1 is 1.08 bits per heavy atom. The summed E-state index contributed by atoms with van der Waals surface area (Å²) in [7, 11) is -0.379. The molecule has 0 unspecified atom stereocenters. The van der Waals surface area contributed by atoms with Gasteiger partial charge in [0.25, 0.3) is 15.9 Å². The van der Waals surface area contributed by atoms with Crippen LogP contribution in [0.5, 0.6) is 5.75 Å². The second-order valence-corrected chi connectivity index (χ2v) is 7.31. The molecule has 0 spiro atoms. The number of rotatable bonds is 8. The maximum Gasteiger partial charge on any atom is 0.259 e. The van der Waals surface area contributed by atoms with Gasteiger partial charge >= 0.3 is 0 Å². The standard InChI is InChI=1S/C18H21N3O4S/c1-14(19-20-26(23,24)17-7-5-4-6-8-17)15-9-11-16(12-10-15)25-13-18(22)21(2)3/h4-12,19-20H,1,13H2,2-3H3. The van der Waals surface area contributed by atoms with E-state index in [2.05, 4.69) is 16.8 Å². The van der Waals surface area contributed by atoms with Gasteiger partial charge in [0, 0.05) is 19.8 Å². The van der Waals surface area contributed by atoms with Crippen LogP contribution in [-0.2, 0) is 14.8 Å². The minimum Gasteiger partial charge on any atom is -0.484 e. The average Bonchev–Trinajstić information content (AvgIpc) is 2.65. The van der Waals surface area contributed by atoms with Crippen LogP contribution in [0.2, 0.25) is 0 Å². The van der Waals surface area contributed by atoms with Gasteiger partial charge in [0.1, 0.15) is 5.75 Å². The van der Waals surface area contributed by atoms with Crippen LogP contribution in [0.25, 0.3) is 5.70 Å². The molecule has 0 aliphatic rings. The van der Waals surface area contributed by atoms with Gasteiger partial charge in [-0.15, -0.1) is 4.83 Å². The first-order valence-electron chi connectivity index (χ1n) is 7.75. The zero-order valence-corrected chi connectivity index (χ0v) is 15.4. The highest BCUT2D eigenvalue weighted by Gasteiger charge is 2.13. The molecule has 0 aliphatic carbocycles.